The number of aromatic nitrogens is 2. The molecule has 2 aromatic rings. The third kappa shape index (κ3) is 1.93. The fourth-order valence-corrected chi connectivity index (χ4v) is 2.17. The van der Waals surface area contributed by atoms with Crippen LogP contribution in [0.15, 0.2) is 24.3 Å². The summed E-state index contributed by atoms with van der Waals surface area (Å²) < 4.78 is 2.09. The van der Waals surface area contributed by atoms with Crippen molar-refractivity contribution < 1.29 is 0 Å². The van der Waals surface area contributed by atoms with Crippen LogP contribution in [-0.4, -0.2) is 9.55 Å². The Morgan fingerprint density at radius 3 is 2.47 bits per heavy atom. The number of nitrogens with zero attached hydrogens (tertiary/aromatic N) is 2. The first-order valence-electron chi connectivity index (χ1n) is 6.09. The molecule has 0 fully saturated rings. The Labute approximate surface area is 102 Å². The van der Waals surface area contributed by atoms with Crippen molar-refractivity contribution in [2.24, 2.45) is 0 Å². The van der Waals surface area contributed by atoms with Gasteiger partial charge in [-0.2, -0.15) is 0 Å². The predicted octanol–water partition coefficient (Wildman–Crippen LogP) is 3.02. The molecular weight excluding hydrogens is 210 g/mol. The van der Waals surface area contributed by atoms with E-state index in [9.17, 15) is 0 Å². The van der Waals surface area contributed by atoms with E-state index in [4.69, 9.17) is 5.73 Å². The summed E-state index contributed by atoms with van der Waals surface area (Å²) in [4.78, 5) is 4.67. The second-order valence-corrected chi connectivity index (χ2v) is 4.17. The minimum atomic E-state index is 0.777. The molecule has 0 unspecified atom stereocenters. The lowest BCUT2D eigenvalue weighted by molar-refractivity contribution is 0.713. The van der Waals surface area contributed by atoms with Crippen molar-refractivity contribution in [2.45, 2.75) is 33.7 Å². The van der Waals surface area contributed by atoms with Gasteiger partial charge in [-0.15, -0.1) is 0 Å². The van der Waals surface area contributed by atoms with E-state index in [-0.39, 0.29) is 0 Å². The molecule has 0 saturated carbocycles. The summed E-state index contributed by atoms with van der Waals surface area (Å²) in [5.41, 5.74) is 9.45. The minimum Gasteiger partial charge on any atom is -0.383 e. The van der Waals surface area contributed by atoms with E-state index in [2.05, 4.69) is 42.5 Å². The molecule has 0 aliphatic rings. The topological polar surface area (TPSA) is 43.8 Å². The first-order chi connectivity index (χ1) is 8.19. The van der Waals surface area contributed by atoms with Crippen LogP contribution in [0.4, 0.5) is 5.82 Å². The Kier molecular flexibility index (Phi) is 3.18. The zero-order valence-electron chi connectivity index (χ0n) is 10.7. The van der Waals surface area contributed by atoms with Crippen LogP contribution >= 0.6 is 0 Å². The molecule has 2 rings (SSSR count). The van der Waals surface area contributed by atoms with Gasteiger partial charge in [-0.1, -0.05) is 31.2 Å². The van der Waals surface area contributed by atoms with Gasteiger partial charge in [0.2, 0.25) is 0 Å². The van der Waals surface area contributed by atoms with Gasteiger partial charge >= 0.3 is 0 Å². The first kappa shape index (κ1) is 11.7. The fraction of sp³-hybridized carbons (Fsp3) is 0.357. The van der Waals surface area contributed by atoms with Crippen LogP contribution in [0.3, 0.4) is 0 Å². The highest BCUT2D eigenvalue weighted by atomic mass is 15.1. The monoisotopic (exact) mass is 229 g/mol. The molecule has 0 atom stereocenters. The summed E-state index contributed by atoms with van der Waals surface area (Å²) in [5.74, 6) is 1.84. The van der Waals surface area contributed by atoms with Gasteiger partial charge in [0.25, 0.3) is 0 Å². The maximum atomic E-state index is 6.19. The van der Waals surface area contributed by atoms with Gasteiger partial charge < -0.3 is 10.3 Å². The first-order valence-corrected chi connectivity index (χ1v) is 6.09. The van der Waals surface area contributed by atoms with Crippen LogP contribution in [0.5, 0.6) is 0 Å². The van der Waals surface area contributed by atoms with E-state index in [0.717, 1.165) is 35.9 Å². The van der Waals surface area contributed by atoms with Crippen molar-refractivity contribution in [1.82, 2.24) is 9.55 Å². The quantitative estimate of drug-likeness (QED) is 0.879. The molecule has 1 heterocycles. The van der Waals surface area contributed by atoms with Crippen LogP contribution in [0, 0.1) is 6.92 Å². The van der Waals surface area contributed by atoms with Crippen LogP contribution in [0.25, 0.3) is 11.3 Å². The van der Waals surface area contributed by atoms with Gasteiger partial charge in [0.15, 0.2) is 0 Å². The van der Waals surface area contributed by atoms with Gasteiger partial charge in [0.05, 0.1) is 0 Å². The maximum Gasteiger partial charge on any atom is 0.131 e. The number of anilines is 1. The highest BCUT2D eigenvalue weighted by molar-refractivity contribution is 5.73. The van der Waals surface area contributed by atoms with Crippen molar-refractivity contribution in [2.75, 3.05) is 5.73 Å². The van der Waals surface area contributed by atoms with Crippen molar-refractivity contribution in [3.8, 4) is 11.3 Å². The summed E-state index contributed by atoms with van der Waals surface area (Å²) >= 11 is 0. The summed E-state index contributed by atoms with van der Waals surface area (Å²) in [5, 5.41) is 0. The lowest BCUT2D eigenvalue weighted by Crippen LogP contribution is -2.04. The fourth-order valence-electron chi connectivity index (χ4n) is 2.17. The molecule has 3 nitrogen and oxygen atoms in total. The predicted molar refractivity (Wildman–Crippen MR) is 71.9 cm³/mol. The summed E-state index contributed by atoms with van der Waals surface area (Å²) in [7, 11) is 0. The lowest BCUT2D eigenvalue weighted by Gasteiger charge is -2.05. The molecular formula is C14H19N3. The number of nitrogens with two attached hydrogens (primary N) is 1. The van der Waals surface area contributed by atoms with Crippen molar-refractivity contribution in [3.05, 3.63) is 35.7 Å². The van der Waals surface area contributed by atoms with Crippen molar-refractivity contribution >= 4 is 5.82 Å². The highest BCUT2D eigenvalue weighted by Crippen LogP contribution is 2.28. The van der Waals surface area contributed by atoms with Crippen LogP contribution in [0.2, 0.25) is 0 Å². The Hall–Kier alpha value is -1.77. The van der Waals surface area contributed by atoms with E-state index in [1.165, 1.54) is 5.56 Å². The third-order valence-electron chi connectivity index (χ3n) is 3.12. The summed E-state index contributed by atoms with van der Waals surface area (Å²) in [6, 6.07) is 8.23. The number of hydrogen-bond donors (Lipinski definition) is 1. The van der Waals surface area contributed by atoms with E-state index >= 15 is 0 Å². The molecule has 1 aromatic carbocycles. The van der Waals surface area contributed by atoms with Crippen molar-refractivity contribution in [1.29, 1.82) is 0 Å². The number of hydrogen-bond acceptors (Lipinski definition) is 2. The number of nitrogen functional groups attached to an aromatic ring is 1. The van der Waals surface area contributed by atoms with E-state index in [1.54, 1.807) is 0 Å². The number of imidazole rings is 1. The second-order valence-electron chi connectivity index (χ2n) is 4.17. The molecule has 0 radical (unpaired) electrons. The minimum absolute atomic E-state index is 0.777. The van der Waals surface area contributed by atoms with E-state index < -0.39 is 0 Å². The van der Waals surface area contributed by atoms with Gasteiger partial charge in [-0.25, -0.2) is 4.98 Å². The average Bonchev–Trinajstić information content (AvgIpc) is 2.66. The molecule has 1 aromatic heterocycles. The highest BCUT2D eigenvalue weighted by Gasteiger charge is 2.14. The standard InChI is InChI=1S/C14H19N3/c1-4-12-16-13(14(15)17(12)5-2)11-9-7-6-8-10(11)3/h6-9H,4-5,15H2,1-3H3. The van der Waals surface area contributed by atoms with Gasteiger partial charge in [-0.05, 0) is 19.4 Å². The smallest absolute Gasteiger partial charge is 0.131 e. The molecule has 3 heteroatoms. The Morgan fingerprint density at radius 1 is 1.24 bits per heavy atom. The van der Waals surface area contributed by atoms with Crippen LogP contribution in [-0.2, 0) is 13.0 Å². The zero-order valence-corrected chi connectivity index (χ0v) is 10.7. The van der Waals surface area contributed by atoms with Crippen molar-refractivity contribution in [3.63, 3.8) is 0 Å². The Balaban J connectivity index is 2.61. The maximum absolute atomic E-state index is 6.19. The SMILES string of the molecule is CCc1nc(-c2ccccc2C)c(N)n1CC. The van der Waals surface area contributed by atoms with Gasteiger partial charge in [0.1, 0.15) is 17.3 Å². The summed E-state index contributed by atoms with van der Waals surface area (Å²) in [6.45, 7) is 7.16. The van der Waals surface area contributed by atoms with E-state index in [0.29, 0.717) is 0 Å². The molecule has 2 N–H and O–H groups in total. The summed E-state index contributed by atoms with van der Waals surface area (Å²) in [6.07, 6.45) is 0.907. The Bertz CT molecular complexity index is 526. The molecule has 17 heavy (non-hydrogen) atoms. The molecule has 90 valence electrons. The molecule has 0 aliphatic carbocycles. The zero-order chi connectivity index (χ0) is 12.4. The van der Waals surface area contributed by atoms with Gasteiger partial charge in [0, 0.05) is 18.5 Å². The number of aryl methyl sites for hydroxylation is 2. The van der Waals surface area contributed by atoms with Crippen LogP contribution in [0.1, 0.15) is 25.2 Å². The lowest BCUT2D eigenvalue weighted by atomic mass is 10.1. The molecule has 0 aliphatic heterocycles. The second kappa shape index (κ2) is 4.62. The molecule has 0 bridgehead atoms. The average molecular weight is 229 g/mol. The molecule has 0 spiro atoms. The van der Waals surface area contributed by atoms with E-state index in [1.807, 2.05) is 12.1 Å². The Morgan fingerprint density at radius 2 is 1.94 bits per heavy atom. The third-order valence-corrected chi connectivity index (χ3v) is 3.12. The number of rotatable bonds is 3. The van der Waals surface area contributed by atoms with Crippen LogP contribution < -0.4 is 5.73 Å². The molecule has 0 saturated heterocycles. The largest absolute Gasteiger partial charge is 0.383 e. The number of benzene rings is 1. The van der Waals surface area contributed by atoms with Gasteiger partial charge in [-0.3, -0.25) is 0 Å². The molecule has 0 amide bonds. The normalized spacial score (nSPS) is 10.8.